The van der Waals surface area contributed by atoms with E-state index in [9.17, 15) is 13.2 Å². The normalized spacial score (nSPS) is 20.2. The van der Waals surface area contributed by atoms with Crippen LogP contribution in [0.25, 0.3) is 0 Å². The lowest BCUT2D eigenvalue weighted by molar-refractivity contribution is -0.119. The molecule has 2 aromatic rings. The Hall–Kier alpha value is -1.81. The molecule has 7 nitrogen and oxygen atoms in total. The number of amides is 1. The Morgan fingerprint density at radius 1 is 1.27 bits per heavy atom. The van der Waals surface area contributed by atoms with Gasteiger partial charge >= 0.3 is 0 Å². The van der Waals surface area contributed by atoms with Crippen molar-refractivity contribution in [3.63, 3.8) is 0 Å². The molecule has 0 saturated carbocycles. The molecule has 1 amide bonds. The van der Waals surface area contributed by atoms with Crippen LogP contribution >= 0.6 is 11.3 Å². The predicted octanol–water partition coefficient (Wildman–Crippen LogP) is 2.84. The molecular weight excluding hydrogens is 420 g/mol. The van der Waals surface area contributed by atoms with Gasteiger partial charge in [0.1, 0.15) is 6.04 Å². The SMILES string of the molecule is CCCS(=O)(=O)N1CCCC1C(=O)Nc1nc2c(s1)CN(Cc1ccccc1)CC2. The van der Waals surface area contributed by atoms with E-state index < -0.39 is 16.1 Å². The Morgan fingerprint density at radius 2 is 2.07 bits per heavy atom. The maximum Gasteiger partial charge on any atom is 0.244 e. The number of carbonyl (C=O) groups excluding carboxylic acids is 1. The van der Waals surface area contributed by atoms with E-state index in [0.717, 1.165) is 31.7 Å². The van der Waals surface area contributed by atoms with Gasteiger partial charge in [-0.05, 0) is 24.8 Å². The molecule has 2 aliphatic heterocycles. The highest BCUT2D eigenvalue weighted by atomic mass is 32.2. The summed E-state index contributed by atoms with van der Waals surface area (Å²) in [7, 11) is -3.39. The number of thiazole rings is 1. The number of carbonyl (C=O) groups is 1. The average Bonchev–Trinajstić information content (AvgIpc) is 3.35. The molecular formula is C21H28N4O3S2. The minimum atomic E-state index is -3.39. The van der Waals surface area contributed by atoms with Crippen LogP contribution in [-0.4, -0.2) is 53.4 Å². The van der Waals surface area contributed by atoms with E-state index in [1.54, 1.807) is 0 Å². The number of nitrogens with one attached hydrogen (secondary N) is 1. The molecule has 162 valence electrons. The van der Waals surface area contributed by atoms with E-state index in [4.69, 9.17) is 0 Å². The lowest BCUT2D eigenvalue weighted by Crippen LogP contribution is -2.44. The third-order valence-corrected chi connectivity index (χ3v) is 8.69. The van der Waals surface area contributed by atoms with Gasteiger partial charge in [-0.2, -0.15) is 4.31 Å². The first-order chi connectivity index (χ1) is 14.5. The van der Waals surface area contributed by atoms with Crippen LogP contribution in [0.5, 0.6) is 0 Å². The molecule has 4 rings (SSSR count). The quantitative estimate of drug-likeness (QED) is 0.704. The molecule has 0 bridgehead atoms. The van der Waals surface area contributed by atoms with Crippen LogP contribution in [0.1, 0.15) is 42.3 Å². The van der Waals surface area contributed by atoms with Crippen molar-refractivity contribution in [2.45, 2.75) is 51.7 Å². The summed E-state index contributed by atoms with van der Waals surface area (Å²) in [6.45, 7) is 4.90. The first-order valence-corrected chi connectivity index (χ1v) is 12.9. The molecule has 2 aliphatic rings. The van der Waals surface area contributed by atoms with Crippen LogP contribution in [-0.2, 0) is 34.3 Å². The summed E-state index contributed by atoms with van der Waals surface area (Å²) in [6, 6.07) is 9.77. The van der Waals surface area contributed by atoms with E-state index in [1.165, 1.54) is 26.1 Å². The Morgan fingerprint density at radius 3 is 2.83 bits per heavy atom. The second-order valence-electron chi connectivity index (χ2n) is 7.91. The van der Waals surface area contributed by atoms with Gasteiger partial charge in [0.25, 0.3) is 0 Å². The zero-order valence-electron chi connectivity index (χ0n) is 17.2. The summed E-state index contributed by atoms with van der Waals surface area (Å²) >= 11 is 1.50. The zero-order valence-corrected chi connectivity index (χ0v) is 18.8. The monoisotopic (exact) mass is 448 g/mol. The second-order valence-corrected chi connectivity index (χ2v) is 11.0. The van der Waals surface area contributed by atoms with Crippen LogP contribution in [0.3, 0.4) is 0 Å². The summed E-state index contributed by atoms with van der Waals surface area (Å²) < 4.78 is 26.3. The first kappa shape index (κ1) is 21.4. The summed E-state index contributed by atoms with van der Waals surface area (Å²) in [5.74, 6) is -0.182. The van der Waals surface area contributed by atoms with Crippen molar-refractivity contribution in [1.29, 1.82) is 0 Å². The standard InChI is InChI=1S/C21H28N4O3S2/c1-2-13-30(27,28)25-11-6-9-18(25)20(26)23-21-22-17-10-12-24(15-19(17)29-21)14-16-7-4-3-5-8-16/h3-5,7-8,18H,2,6,9-15H2,1H3,(H,22,23,26). The number of hydrogen-bond donors (Lipinski definition) is 1. The molecule has 1 N–H and O–H groups in total. The molecule has 0 spiro atoms. The largest absolute Gasteiger partial charge is 0.301 e. The topological polar surface area (TPSA) is 82.6 Å². The molecule has 3 heterocycles. The highest BCUT2D eigenvalue weighted by Gasteiger charge is 2.38. The van der Waals surface area contributed by atoms with Crippen LogP contribution < -0.4 is 5.32 Å². The fourth-order valence-electron chi connectivity index (χ4n) is 4.18. The van der Waals surface area contributed by atoms with Gasteiger partial charge in [0.15, 0.2) is 5.13 Å². The van der Waals surface area contributed by atoms with Gasteiger partial charge in [-0.25, -0.2) is 13.4 Å². The summed E-state index contributed by atoms with van der Waals surface area (Å²) in [6.07, 6.45) is 2.68. The molecule has 0 radical (unpaired) electrons. The number of rotatable bonds is 7. The molecule has 1 unspecified atom stereocenters. The van der Waals surface area contributed by atoms with Gasteiger partial charge in [-0.1, -0.05) is 37.3 Å². The molecule has 1 aromatic heterocycles. The highest BCUT2D eigenvalue weighted by Crippen LogP contribution is 2.30. The summed E-state index contributed by atoms with van der Waals surface area (Å²) in [5.41, 5.74) is 2.33. The Balaban J connectivity index is 1.40. The number of hydrogen-bond acceptors (Lipinski definition) is 6. The third-order valence-electron chi connectivity index (χ3n) is 5.62. The van der Waals surface area contributed by atoms with E-state index in [1.807, 2.05) is 13.0 Å². The van der Waals surface area contributed by atoms with Crippen LogP contribution in [0.2, 0.25) is 0 Å². The van der Waals surface area contributed by atoms with Crippen LogP contribution in [0, 0.1) is 0 Å². The number of benzene rings is 1. The number of aromatic nitrogens is 1. The number of anilines is 1. The number of nitrogens with zero attached hydrogens (tertiary/aromatic N) is 3. The van der Waals surface area contributed by atoms with Gasteiger partial charge in [0, 0.05) is 37.5 Å². The molecule has 0 aliphatic carbocycles. The maximum atomic E-state index is 12.8. The molecule has 30 heavy (non-hydrogen) atoms. The second kappa shape index (κ2) is 9.13. The molecule has 9 heteroatoms. The highest BCUT2D eigenvalue weighted by molar-refractivity contribution is 7.89. The van der Waals surface area contributed by atoms with E-state index >= 15 is 0 Å². The first-order valence-electron chi connectivity index (χ1n) is 10.5. The van der Waals surface area contributed by atoms with Gasteiger partial charge in [-0.3, -0.25) is 9.69 Å². The molecule has 1 fully saturated rings. The van der Waals surface area contributed by atoms with Gasteiger partial charge < -0.3 is 5.32 Å². The van der Waals surface area contributed by atoms with Gasteiger partial charge in [0.2, 0.25) is 15.9 Å². The van der Waals surface area contributed by atoms with E-state index in [2.05, 4.69) is 39.5 Å². The zero-order chi connectivity index (χ0) is 21.1. The lowest BCUT2D eigenvalue weighted by atomic mass is 10.1. The number of fused-ring (bicyclic) bond motifs is 1. The van der Waals surface area contributed by atoms with Crippen molar-refractivity contribution in [3.8, 4) is 0 Å². The van der Waals surface area contributed by atoms with Crippen molar-refractivity contribution in [2.75, 3.05) is 24.2 Å². The van der Waals surface area contributed by atoms with Crippen molar-refractivity contribution in [3.05, 3.63) is 46.5 Å². The minimum Gasteiger partial charge on any atom is -0.301 e. The molecule has 1 atom stereocenters. The number of sulfonamides is 1. The summed E-state index contributed by atoms with van der Waals surface area (Å²) in [4.78, 5) is 21.0. The van der Waals surface area contributed by atoms with Gasteiger partial charge in [0.05, 0.1) is 11.4 Å². The Kier molecular flexibility index (Phi) is 6.52. The maximum absolute atomic E-state index is 12.8. The fraction of sp³-hybridized carbons (Fsp3) is 0.524. The van der Waals surface area contributed by atoms with Gasteiger partial charge in [-0.15, -0.1) is 11.3 Å². The molecule has 1 saturated heterocycles. The summed E-state index contributed by atoms with van der Waals surface area (Å²) in [5, 5.41) is 3.47. The van der Waals surface area contributed by atoms with Crippen molar-refractivity contribution in [2.24, 2.45) is 0 Å². The Labute approximate surface area is 182 Å². The van der Waals surface area contributed by atoms with Crippen LogP contribution in [0.4, 0.5) is 5.13 Å². The van der Waals surface area contributed by atoms with E-state index in [0.29, 0.717) is 30.9 Å². The smallest absolute Gasteiger partial charge is 0.244 e. The average molecular weight is 449 g/mol. The predicted molar refractivity (Wildman–Crippen MR) is 119 cm³/mol. The Bertz CT molecular complexity index is 991. The third kappa shape index (κ3) is 4.74. The lowest BCUT2D eigenvalue weighted by Gasteiger charge is -2.25. The fourth-order valence-corrected chi connectivity index (χ4v) is 6.98. The van der Waals surface area contributed by atoms with Crippen molar-refractivity contribution in [1.82, 2.24) is 14.2 Å². The van der Waals surface area contributed by atoms with E-state index in [-0.39, 0.29) is 11.7 Å². The molecule has 1 aromatic carbocycles. The van der Waals surface area contributed by atoms with Crippen LogP contribution in [0.15, 0.2) is 30.3 Å². The van der Waals surface area contributed by atoms with Crippen molar-refractivity contribution < 1.29 is 13.2 Å². The minimum absolute atomic E-state index is 0.0829. The van der Waals surface area contributed by atoms with Crippen molar-refractivity contribution >= 4 is 32.4 Å².